The Morgan fingerprint density at radius 2 is 1.43 bits per heavy atom. The van der Waals surface area contributed by atoms with Gasteiger partial charge >= 0.3 is 0 Å². The van der Waals surface area contributed by atoms with Gasteiger partial charge in [-0.25, -0.2) is 0 Å². The zero-order chi connectivity index (χ0) is 17.0. The highest BCUT2D eigenvalue weighted by atomic mass is 14.2. The molecule has 0 nitrogen and oxygen atoms in total. The molecule has 0 unspecified atom stereocenters. The Balaban J connectivity index is 2.18. The van der Waals surface area contributed by atoms with E-state index in [1.807, 2.05) is 0 Å². The molecule has 2 rings (SSSR count). The van der Waals surface area contributed by atoms with Gasteiger partial charge in [-0.1, -0.05) is 90.1 Å². The summed E-state index contributed by atoms with van der Waals surface area (Å²) in [5.41, 5.74) is 5.73. The van der Waals surface area contributed by atoms with Gasteiger partial charge in [0.1, 0.15) is 0 Å². The van der Waals surface area contributed by atoms with Crippen molar-refractivity contribution in [1.82, 2.24) is 0 Å². The Labute approximate surface area is 143 Å². The van der Waals surface area contributed by atoms with E-state index >= 15 is 0 Å². The highest BCUT2D eigenvalue weighted by molar-refractivity contribution is 5.68. The second-order valence-corrected chi connectivity index (χ2v) is 8.25. The minimum Gasteiger partial charge on any atom is -0.0625 e. The fraction of sp³-hybridized carbons (Fsp3) is 0.478. The highest BCUT2D eigenvalue weighted by Gasteiger charge is 2.18. The molecule has 0 bridgehead atoms. The van der Waals surface area contributed by atoms with E-state index in [9.17, 15) is 0 Å². The van der Waals surface area contributed by atoms with Crippen LogP contribution in [0.4, 0.5) is 0 Å². The SMILES string of the molecule is CC(C)[C@@H](C)CCc1ccc(-c2ccccc2C(C)(C)C)cc1. The van der Waals surface area contributed by atoms with Gasteiger partial charge in [0.25, 0.3) is 0 Å². The van der Waals surface area contributed by atoms with Gasteiger partial charge in [0.05, 0.1) is 0 Å². The molecule has 0 aliphatic carbocycles. The van der Waals surface area contributed by atoms with Gasteiger partial charge in [-0.3, -0.25) is 0 Å². The standard InChI is InChI=1S/C23H32/c1-17(2)18(3)11-12-19-13-15-20(16-14-19)21-9-7-8-10-22(21)23(4,5)6/h7-10,13-18H,11-12H2,1-6H3/t18-/m0/s1. The molecule has 23 heavy (non-hydrogen) atoms. The third-order valence-corrected chi connectivity index (χ3v) is 5.03. The first-order chi connectivity index (χ1) is 10.8. The summed E-state index contributed by atoms with van der Waals surface area (Å²) in [7, 11) is 0. The van der Waals surface area contributed by atoms with Crippen LogP contribution in [-0.4, -0.2) is 0 Å². The molecule has 0 heterocycles. The molecule has 0 fully saturated rings. The lowest BCUT2D eigenvalue weighted by molar-refractivity contribution is 0.393. The minimum absolute atomic E-state index is 0.169. The van der Waals surface area contributed by atoms with E-state index in [0.29, 0.717) is 0 Å². The van der Waals surface area contributed by atoms with Gasteiger partial charge in [-0.05, 0) is 52.3 Å². The molecule has 0 radical (unpaired) electrons. The molecular weight excluding hydrogens is 276 g/mol. The van der Waals surface area contributed by atoms with Crippen molar-refractivity contribution in [3.8, 4) is 11.1 Å². The first-order valence-electron chi connectivity index (χ1n) is 8.98. The van der Waals surface area contributed by atoms with E-state index in [4.69, 9.17) is 0 Å². The highest BCUT2D eigenvalue weighted by Crippen LogP contribution is 2.33. The summed E-state index contributed by atoms with van der Waals surface area (Å²) in [5.74, 6) is 1.56. The van der Waals surface area contributed by atoms with Gasteiger partial charge in [-0.2, -0.15) is 0 Å². The molecule has 1 atom stereocenters. The first-order valence-corrected chi connectivity index (χ1v) is 8.98. The number of hydrogen-bond acceptors (Lipinski definition) is 0. The van der Waals surface area contributed by atoms with Crippen molar-refractivity contribution in [3.63, 3.8) is 0 Å². The van der Waals surface area contributed by atoms with E-state index in [1.165, 1.54) is 35.1 Å². The zero-order valence-corrected chi connectivity index (χ0v) is 15.7. The molecule has 2 aromatic rings. The number of aryl methyl sites for hydroxylation is 1. The van der Waals surface area contributed by atoms with Crippen LogP contribution in [0, 0.1) is 11.8 Å². The fourth-order valence-corrected chi connectivity index (χ4v) is 2.97. The van der Waals surface area contributed by atoms with Crippen LogP contribution in [0.15, 0.2) is 48.5 Å². The van der Waals surface area contributed by atoms with Crippen molar-refractivity contribution < 1.29 is 0 Å². The summed E-state index contributed by atoms with van der Waals surface area (Å²) < 4.78 is 0. The van der Waals surface area contributed by atoms with Crippen molar-refractivity contribution in [2.45, 2.75) is 59.8 Å². The first kappa shape index (κ1) is 17.8. The number of rotatable bonds is 5. The lowest BCUT2D eigenvalue weighted by Gasteiger charge is -2.23. The van der Waals surface area contributed by atoms with Crippen LogP contribution in [0.5, 0.6) is 0 Å². The Hall–Kier alpha value is -1.56. The second-order valence-electron chi connectivity index (χ2n) is 8.25. The van der Waals surface area contributed by atoms with E-state index < -0.39 is 0 Å². The van der Waals surface area contributed by atoms with Crippen molar-refractivity contribution in [2.75, 3.05) is 0 Å². The summed E-state index contributed by atoms with van der Waals surface area (Å²) in [6.07, 6.45) is 2.45. The summed E-state index contributed by atoms with van der Waals surface area (Å²) >= 11 is 0. The molecule has 124 valence electrons. The van der Waals surface area contributed by atoms with Gasteiger partial charge in [0.2, 0.25) is 0 Å². The molecule has 0 aromatic heterocycles. The normalized spacial score (nSPS) is 13.3. The van der Waals surface area contributed by atoms with Gasteiger partial charge in [0.15, 0.2) is 0 Å². The van der Waals surface area contributed by atoms with Crippen LogP contribution in [-0.2, 0) is 11.8 Å². The van der Waals surface area contributed by atoms with Crippen LogP contribution >= 0.6 is 0 Å². The summed E-state index contributed by atoms with van der Waals surface area (Å²) in [6, 6.07) is 18.0. The second kappa shape index (κ2) is 7.34. The van der Waals surface area contributed by atoms with Crippen molar-refractivity contribution >= 4 is 0 Å². The smallest absolute Gasteiger partial charge is 0.0126 e. The van der Waals surface area contributed by atoms with E-state index in [2.05, 4.69) is 90.1 Å². The Bertz CT molecular complexity index is 611. The minimum atomic E-state index is 0.169. The maximum atomic E-state index is 2.36. The predicted molar refractivity (Wildman–Crippen MR) is 103 cm³/mol. The van der Waals surface area contributed by atoms with Crippen LogP contribution in [0.25, 0.3) is 11.1 Å². The molecule has 2 aromatic carbocycles. The van der Waals surface area contributed by atoms with Crippen LogP contribution in [0.2, 0.25) is 0 Å². The third kappa shape index (κ3) is 4.70. The average molecular weight is 309 g/mol. The summed E-state index contributed by atoms with van der Waals surface area (Å²) in [5, 5.41) is 0. The number of hydrogen-bond donors (Lipinski definition) is 0. The van der Waals surface area contributed by atoms with Crippen LogP contribution in [0.1, 0.15) is 59.1 Å². The summed E-state index contributed by atoms with van der Waals surface area (Å²) in [4.78, 5) is 0. The monoisotopic (exact) mass is 308 g/mol. The Morgan fingerprint density at radius 1 is 0.826 bits per heavy atom. The van der Waals surface area contributed by atoms with E-state index in [0.717, 1.165) is 11.8 Å². The largest absolute Gasteiger partial charge is 0.0625 e. The summed E-state index contributed by atoms with van der Waals surface area (Å²) in [6.45, 7) is 13.8. The molecule has 0 aliphatic heterocycles. The molecule has 0 amide bonds. The predicted octanol–water partition coefficient (Wildman–Crippen LogP) is 6.88. The molecule has 0 N–H and O–H groups in total. The number of benzene rings is 2. The van der Waals surface area contributed by atoms with Crippen molar-refractivity contribution in [2.24, 2.45) is 11.8 Å². The molecule has 0 saturated carbocycles. The van der Waals surface area contributed by atoms with Gasteiger partial charge in [0, 0.05) is 0 Å². The maximum Gasteiger partial charge on any atom is -0.0126 e. The van der Waals surface area contributed by atoms with E-state index in [-0.39, 0.29) is 5.41 Å². The topological polar surface area (TPSA) is 0 Å². The molecule has 0 saturated heterocycles. The average Bonchev–Trinajstić information content (AvgIpc) is 2.52. The molecule has 0 aliphatic rings. The van der Waals surface area contributed by atoms with Crippen LogP contribution < -0.4 is 0 Å². The van der Waals surface area contributed by atoms with Gasteiger partial charge < -0.3 is 0 Å². The van der Waals surface area contributed by atoms with Crippen molar-refractivity contribution in [1.29, 1.82) is 0 Å². The fourth-order valence-electron chi connectivity index (χ4n) is 2.97. The van der Waals surface area contributed by atoms with Crippen LogP contribution in [0.3, 0.4) is 0 Å². The van der Waals surface area contributed by atoms with Gasteiger partial charge in [-0.15, -0.1) is 0 Å². The molecule has 0 heteroatoms. The molecular formula is C23H32. The third-order valence-electron chi connectivity index (χ3n) is 5.03. The quantitative estimate of drug-likeness (QED) is 0.565. The Morgan fingerprint density at radius 3 is 2.00 bits per heavy atom. The zero-order valence-electron chi connectivity index (χ0n) is 15.7. The van der Waals surface area contributed by atoms with E-state index in [1.54, 1.807) is 0 Å². The van der Waals surface area contributed by atoms with Crippen molar-refractivity contribution in [3.05, 3.63) is 59.7 Å². The lowest BCUT2D eigenvalue weighted by atomic mass is 9.82. The molecule has 0 spiro atoms. The lowest BCUT2D eigenvalue weighted by Crippen LogP contribution is -2.12. The maximum absolute atomic E-state index is 2.36. The Kier molecular flexibility index (Phi) is 5.68.